The molecule has 2 rings (SSSR count). The van der Waals surface area contributed by atoms with Crippen molar-refractivity contribution >= 4 is 29.0 Å². The zero-order valence-corrected chi connectivity index (χ0v) is 9.83. The number of benzene rings is 1. The highest BCUT2D eigenvalue weighted by Crippen LogP contribution is 2.29. The van der Waals surface area contributed by atoms with Crippen molar-refractivity contribution in [3.05, 3.63) is 29.8 Å². The summed E-state index contributed by atoms with van der Waals surface area (Å²) in [6.45, 7) is 1.93. The molecule has 0 aliphatic rings. The molecule has 7 heteroatoms. The number of aromatic nitrogens is 2. The van der Waals surface area contributed by atoms with Crippen LogP contribution in [-0.2, 0) is 0 Å². The Kier molecular flexibility index (Phi) is 3.05. The molecule has 1 aromatic heterocycles. The molecule has 0 aliphatic heterocycles. The van der Waals surface area contributed by atoms with Crippen LogP contribution in [0, 0.1) is 6.92 Å². The Labute approximate surface area is 104 Å². The molecule has 6 N–H and O–H groups in total. The number of hydrogen-bond acceptors (Lipinski definition) is 7. The summed E-state index contributed by atoms with van der Waals surface area (Å²) in [5.74, 6) is 0.231. The van der Waals surface area contributed by atoms with E-state index in [4.69, 9.17) is 17.2 Å². The fourth-order valence-corrected chi connectivity index (χ4v) is 1.39. The van der Waals surface area contributed by atoms with Gasteiger partial charge in [-0.1, -0.05) is 18.2 Å². The second-order valence-corrected chi connectivity index (χ2v) is 3.69. The second-order valence-electron chi connectivity index (χ2n) is 3.69. The van der Waals surface area contributed by atoms with Crippen LogP contribution >= 0.6 is 0 Å². The van der Waals surface area contributed by atoms with E-state index in [-0.39, 0.29) is 23.3 Å². The Hall–Kier alpha value is -2.70. The predicted molar refractivity (Wildman–Crippen MR) is 70.6 cm³/mol. The highest BCUT2D eigenvalue weighted by molar-refractivity contribution is 5.71. The Morgan fingerprint density at radius 2 is 1.56 bits per heavy atom. The van der Waals surface area contributed by atoms with Gasteiger partial charge in [-0.15, -0.1) is 5.11 Å². The van der Waals surface area contributed by atoms with Gasteiger partial charge in [0.05, 0.1) is 5.69 Å². The Bertz CT molecular complexity index is 583. The summed E-state index contributed by atoms with van der Waals surface area (Å²) in [7, 11) is 0. The Morgan fingerprint density at radius 1 is 0.944 bits per heavy atom. The van der Waals surface area contributed by atoms with Crippen LogP contribution in [0.3, 0.4) is 0 Å². The molecule has 92 valence electrons. The van der Waals surface area contributed by atoms with Crippen molar-refractivity contribution in [2.75, 3.05) is 17.2 Å². The molecule has 0 bridgehead atoms. The number of hydrogen-bond donors (Lipinski definition) is 3. The van der Waals surface area contributed by atoms with Gasteiger partial charge >= 0.3 is 0 Å². The molecule has 7 nitrogen and oxygen atoms in total. The average molecular weight is 243 g/mol. The van der Waals surface area contributed by atoms with E-state index in [0.29, 0.717) is 0 Å². The minimum atomic E-state index is 0.0137. The van der Waals surface area contributed by atoms with Crippen LogP contribution in [0.4, 0.5) is 29.0 Å². The van der Waals surface area contributed by atoms with Gasteiger partial charge in [0.1, 0.15) is 0 Å². The fraction of sp³-hybridized carbons (Fsp3) is 0.0909. The van der Waals surface area contributed by atoms with E-state index in [9.17, 15) is 0 Å². The third kappa shape index (κ3) is 2.34. The first-order valence-corrected chi connectivity index (χ1v) is 5.24. The SMILES string of the molecule is Cc1ccccc1N=Nc1c(N)nc(N)nc1N. The van der Waals surface area contributed by atoms with Gasteiger partial charge in [-0.2, -0.15) is 15.1 Å². The lowest BCUT2D eigenvalue weighted by Crippen LogP contribution is -2.03. The quantitative estimate of drug-likeness (QED) is 0.694. The van der Waals surface area contributed by atoms with Crippen molar-refractivity contribution in [2.45, 2.75) is 6.92 Å². The van der Waals surface area contributed by atoms with Gasteiger partial charge in [0.15, 0.2) is 17.3 Å². The molecule has 0 saturated heterocycles. The summed E-state index contributed by atoms with van der Waals surface area (Å²) in [4.78, 5) is 7.56. The van der Waals surface area contributed by atoms with Crippen molar-refractivity contribution in [3.8, 4) is 0 Å². The van der Waals surface area contributed by atoms with Crippen molar-refractivity contribution in [2.24, 2.45) is 10.2 Å². The van der Waals surface area contributed by atoms with E-state index in [1.807, 2.05) is 31.2 Å². The topological polar surface area (TPSA) is 129 Å². The van der Waals surface area contributed by atoms with Gasteiger partial charge < -0.3 is 17.2 Å². The maximum Gasteiger partial charge on any atom is 0.224 e. The van der Waals surface area contributed by atoms with Crippen LogP contribution in [0.25, 0.3) is 0 Å². The monoisotopic (exact) mass is 243 g/mol. The van der Waals surface area contributed by atoms with Crippen LogP contribution in [0.15, 0.2) is 34.5 Å². The molecule has 0 aliphatic carbocycles. The van der Waals surface area contributed by atoms with E-state index in [1.165, 1.54) is 0 Å². The van der Waals surface area contributed by atoms with Gasteiger partial charge in [0, 0.05) is 0 Å². The molecule has 0 spiro atoms. The Morgan fingerprint density at radius 3 is 2.17 bits per heavy atom. The number of nitrogens with two attached hydrogens (primary N) is 3. The van der Waals surface area contributed by atoms with E-state index in [0.717, 1.165) is 11.3 Å². The summed E-state index contributed by atoms with van der Waals surface area (Å²) in [5.41, 5.74) is 18.7. The lowest BCUT2D eigenvalue weighted by atomic mass is 10.2. The van der Waals surface area contributed by atoms with E-state index >= 15 is 0 Å². The molecule has 0 radical (unpaired) electrons. The van der Waals surface area contributed by atoms with E-state index in [1.54, 1.807) is 0 Å². The number of anilines is 3. The standard InChI is InChI=1S/C11H13N7/c1-6-4-2-3-5-7(6)17-18-8-9(12)15-11(14)16-10(8)13/h2-5H,1H3,(H6,12,13,14,15,16). The number of aryl methyl sites for hydroxylation is 1. The van der Waals surface area contributed by atoms with Crippen LogP contribution < -0.4 is 17.2 Å². The minimum Gasteiger partial charge on any atom is -0.382 e. The van der Waals surface area contributed by atoms with Crippen LogP contribution in [0.5, 0.6) is 0 Å². The van der Waals surface area contributed by atoms with Crippen molar-refractivity contribution < 1.29 is 0 Å². The van der Waals surface area contributed by atoms with Crippen molar-refractivity contribution in [3.63, 3.8) is 0 Å². The predicted octanol–water partition coefficient (Wildman–Crippen LogP) is 1.95. The van der Waals surface area contributed by atoms with E-state index < -0.39 is 0 Å². The molecular weight excluding hydrogens is 230 g/mol. The summed E-state index contributed by atoms with van der Waals surface area (Å²) >= 11 is 0. The van der Waals surface area contributed by atoms with Gasteiger partial charge in [-0.3, -0.25) is 0 Å². The molecule has 0 unspecified atom stereocenters. The molecular formula is C11H13N7. The number of nitrogen functional groups attached to an aromatic ring is 3. The number of azo groups is 1. The highest BCUT2D eigenvalue weighted by atomic mass is 15.2. The molecule has 0 amide bonds. The molecule has 1 heterocycles. The smallest absolute Gasteiger partial charge is 0.224 e. The second kappa shape index (κ2) is 4.66. The summed E-state index contributed by atoms with van der Waals surface area (Å²) in [6.07, 6.45) is 0. The van der Waals surface area contributed by atoms with Gasteiger partial charge in [-0.25, -0.2) is 0 Å². The van der Waals surface area contributed by atoms with E-state index in [2.05, 4.69) is 20.2 Å². The van der Waals surface area contributed by atoms with Gasteiger partial charge in [-0.05, 0) is 18.6 Å². The summed E-state index contributed by atoms with van der Waals surface area (Å²) in [6, 6.07) is 7.56. The minimum absolute atomic E-state index is 0.0137. The van der Waals surface area contributed by atoms with Crippen molar-refractivity contribution in [1.82, 2.24) is 9.97 Å². The summed E-state index contributed by atoms with van der Waals surface area (Å²) in [5, 5.41) is 8.04. The first-order valence-electron chi connectivity index (χ1n) is 5.24. The zero-order valence-electron chi connectivity index (χ0n) is 9.83. The molecule has 0 atom stereocenters. The highest BCUT2D eigenvalue weighted by Gasteiger charge is 2.07. The zero-order chi connectivity index (χ0) is 13.1. The Balaban J connectivity index is 2.38. The first kappa shape index (κ1) is 11.8. The molecule has 1 aromatic carbocycles. The lowest BCUT2D eigenvalue weighted by molar-refractivity contribution is 1.14. The number of nitrogens with zero attached hydrogens (tertiary/aromatic N) is 4. The fourth-order valence-electron chi connectivity index (χ4n) is 1.39. The normalized spacial score (nSPS) is 10.9. The largest absolute Gasteiger partial charge is 0.382 e. The lowest BCUT2D eigenvalue weighted by Gasteiger charge is -2.03. The third-order valence-electron chi connectivity index (χ3n) is 2.33. The maximum absolute atomic E-state index is 5.66. The van der Waals surface area contributed by atoms with Crippen LogP contribution in [0.2, 0.25) is 0 Å². The maximum atomic E-state index is 5.66. The van der Waals surface area contributed by atoms with Crippen molar-refractivity contribution in [1.29, 1.82) is 0 Å². The first-order chi connectivity index (χ1) is 8.58. The molecule has 18 heavy (non-hydrogen) atoms. The molecule has 2 aromatic rings. The van der Waals surface area contributed by atoms with Crippen LogP contribution in [0.1, 0.15) is 5.56 Å². The van der Waals surface area contributed by atoms with Gasteiger partial charge in [0.25, 0.3) is 0 Å². The average Bonchev–Trinajstić information content (AvgIpc) is 2.30. The van der Waals surface area contributed by atoms with Gasteiger partial charge in [0.2, 0.25) is 5.95 Å². The third-order valence-corrected chi connectivity index (χ3v) is 2.33. The van der Waals surface area contributed by atoms with Crippen LogP contribution in [-0.4, -0.2) is 9.97 Å². The summed E-state index contributed by atoms with van der Waals surface area (Å²) < 4.78 is 0. The molecule has 0 saturated carbocycles. The number of rotatable bonds is 2. The molecule has 0 fully saturated rings.